The van der Waals surface area contributed by atoms with Crippen molar-refractivity contribution in [2.45, 2.75) is 44.4 Å². The highest BCUT2D eigenvalue weighted by Crippen LogP contribution is 2.27. The van der Waals surface area contributed by atoms with Crippen molar-refractivity contribution in [3.05, 3.63) is 11.9 Å². The summed E-state index contributed by atoms with van der Waals surface area (Å²) in [5.41, 5.74) is 6.23. The van der Waals surface area contributed by atoms with Gasteiger partial charge >= 0.3 is 0 Å². The molecule has 1 heterocycles. The summed E-state index contributed by atoms with van der Waals surface area (Å²) in [7, 11) is 0. The number of rotatable bonds is 2. The van der Waals surface area contributed by atoms with E-state index in [1.165, 1.54) is 0 Å². The Kier molecular flexibility index (Phi) is 2.79. The molecule has 14 heavy (non-hydrogen) atoms. The van der Waals surface area contributed by atoms with Crippen LogP contribution in [0.5, 0.6) is 0 Å². The van der Waals surface area contributed by atoms with Gasteiger partial charge in [-0.1, -0.05) is 18.1 Å². The van der Waals surface area contributed by atoms with Gasteiger partial charge in [0, 0.05) is 6.54 Å². The Balaban J connectivity index is 2.12. The number of hydrogen-bond donors (Lipinski definition) is 2. The Bertz CT molecular complexity index is 299. The van der Waals surface area contributed by atoms with E-state index in [0.717, 1.165) is 31.4 Å². The molecule has 0 aliphatic heterocycles. The van der Waals surface area contributed by atoms with E-state index in [-0.39, 0.29) is 12.1 Å². The summed E-state index contributed by atoms with van der Waals surface area (Å²) in [6.45, 7) is 0.406. The van der Waals surface area contributed by atoms with Crippen molar-refractivity contribution >= 4 is 0 Å². The number of hydrogen-bond acceptors (Lipinski definition) is 4. The van der Waals surface area contributed by atoms with E-state index < -0.39 is 0 Å². The summed E-state index contributed by atoms with van der Waals surface area (Å²) in [6, 6.07) is 0.0940. The molecule has 1 fully saturated rings. The Labute approximate surface area is 82.9 Å². The third-order valence-electron chi connectivity index (χ3n) is 2.80. The van der Waals surface area contributed by atoms with Crippen LogP contribution in [0, 0.1) is 0 Å². The number of nitrogens with two attached hydrogens (primary N) is 1. The molecular formula is C9H16N4O. The van der Waals surface area contributed by atoms with Gasteiger partial charge in [0.25, 0.3) is 0 Å². The molecule has 2 unspecified atom stereocenters. The van der Waals surface area contributed by atoms with Crippen LogP contribution in [0.4, 0.5) is 0 Å². The molecular weight excluding hydrogens is 180 g/mol. The molecule has 5 heteroatoms. The Morgan fingerprint density at radius 2 is 2.29 bits per heavy atom. The van der Waals surface area contributed by atoms with Crippen molar-refractivity contribution in [2.24, 2.45) is 5.73 Å². The van der Waals surface area contributed by atoms with Crippen molar-refractivity contribution in [3.8, 4) is 0 Å². The molecule has 1 saturated carbocycles. The van der Waals surface area contributed by atoms with Crippen LogP contribution >= 0.6 is 0 Å². The molecule has 2 rings (SSSR count). The molecule has 1 aliphatic carbocycles. The van der Waals surface area contributed by atoms with Gasteiger partial charge in [-0.3, -0.25) is 0 Å². The van der Waals surface area contributed by atoms with Gasteiger partial charge in [-0.2, -0.15) is 0 Å². The highest BCUT2D eigenvalue weighted by atomic mass is 16.3. The van der Waals surface area contributed by atoms with Gasteiger partial charge in [-0.05, 0) is 12.8 Å². The summed E-state index contributed by atoms with van der Waals surface area (Å²) < 4.78 is 1.76. The first-order chi connectivity index (χ1) is 6.81. The van der Waals surface area contributed by atoms with Crippen LogP contribution in [0.25, 0.3) is 0 Å². The van der Waals surface area contributed by atoms with Gasteiger partial charge in [0.15, 0.2) is 0 Å². The molecule has 0 aromatic carbocycles. The van der Waals surface area contributed by atoms with E-state index in [2.05, 4.69) is 10.3 Å². The second kappa shape index (κ2) is 4.06. The fourth-order valence-corrected chi connectivity index (χ4v) is 1.97. The maximum Gasteiger partial charge on any atom is 0.0962 e. The minimum Gasteiger partial charge on any atom is -0.391 e. The molecule has 0 saturated heterocycles. The van der Waals surface area contributed by atoms with E-state index in [4.69, 9.17) is 5.73 Å². The topological polar surface area (TPSA) is 77.0 Å². The third-order valence-corrected chi connectivity index (χ3v) is 2.80. The Morgan fingerprint density at radius 1 is 1.50 bits per heavy atom. The zero-order valence-corrected chi connectivity index (χ0v) is 8.13. The van der Waals surface area contributed by atoms with Gasteiger partial charge in [0.05, 0.1) is 24.0 Å². The van der Waals surface area contributed by atoms with E-state index in [1.54, 1.807) is 4.68 Å². The van der Waals surface area contributed by atoms with Gasteiger partial charge in [-0.25, -0.2) is 4.68 Å². The van der Waals surface area contributed by atoms with Crippen LogP contribution in [-0.4, -0.2) is 26.2 Å². The van der Waals surface area contributed by atoms with E-state index in [9.17, 15) is 5.11 Å². The number of nitrogens with zero attached hydrogens (tertiary/aromatic N) is 3. The maximum atomic E-state index is 9.78. The molecule has 2 atom stereocenters. The molecule has 0 radical (unpaired) electrons. The molecule has 1 aromatic heterocycles. The second-order valence-electron chi connectivity index (χ2n) is 3.81. The van der Waals surface area contributed by atoms with Crippen LogP contribution in [-0.2, 0) is 6.54 Å². The van der Waals surface area contributed by atoms with E-state index >= 15 is 0 Å². The lowest BCUT2D eigenvalue weighted by molar-refractivity contribution is 0.0685. The fourth-order valence-electron chi connectivity index (χ4n) is 1.97. The van der Waals surface area contributed by atoms with Crippen LogP contribution < -0.4 is 5.73 Å². The molecule has 78 valence electrons. The lowest BCUT2D eigenvalue weighted by Gasteiger charge is -2.27. The minimum atomic E-state index is -0.281. The smallest absolute Gasteiger partial charge is 0.0962 e. The first-order valence-electron chi connectivity index (χ1n) is 5.10. The summed E-state index contributed by atoms with van der Waals surface area (Å²) in [6.07, 6.45) is 5.65. The van der Waals surface area contributed by atoms with Crippen molar-refractivity contribution in [2.75, 3.05) is 0 Å². The van der Waals surface area contributed by atoms with Crippen LogP contribution in [0.15, 0.2) is 6.20 Å². The highest BCUT2D eigenvalue weighted by molar-refractivity contribution is 4.93. The van der Waals surface area contributed by atoms with Gasteiger partial charge in [0.1, 0.15) is 0 Å². The van der Waals surface area contributed by atoms with Crippen molar-refractivity contribution in [1.29, 1.82) is 0 Å². The number of aromatic nitrogens is 3. The highest BCUT2D eigenvalue weighted by Gasteiger charge is 2.25. The molecule has 0 spiro atoms. The molecule has 1 aliphatic rings. The Morgan fingerprint density at radius 3 is 2.93 bits per heavy atom. The molecule has 3 N–H and O–H groups in total. The summed E-state index contributed by atoms with van der Waals surface area (Å²) in [4.78, 5) is 0. The first kappa shape index (κ1) is 9.61. The molecule has 5 nitrogen and oxygen atoms in total. The van der Waals surface area contributed by atoms with Crippen LogP contribution in [0.1, 0.15) is 37.4 Å². The van der Waals surface area contributed by atoms with Gasteiger partial charge in [0.2, 0.25) is 0 Å². The number of aliphatic hydroxyl groups is 1. The zero-order chi connectivity index (χ0) is 9.97. The van der Waals surface area contributed by atoms with E-state index in [0.29, 0.717) is 6.54 Å². The predicted octanol–water partition coefficient (Wildman–Crippen LogP) is 0.213. The van der Waals surface area contributed by atoms with Gasteiger partial charge < -0.3 is 10.8 Å². The summed E-state index contributed by atoms with van der Waals surface area (Å²) in [5.74, 6) is 0. The monoisotopic (exact) mass is 196 g/mol. The summed E-state index contributed by atoms with van der Waals surface area (Å²) >= 11 is 0. The van der Waals surface area contributed by atoms with Crippen molar-refractivity contribution in [3.63, 3.8) is 0 Å². The lowest BCUT2D eigenvalue weighted by Crippen LogP contribution is -2.27. The van der Waals surface area contributed by atoms with Crippen molar-refractivity contribution in [1.82, 2.24) is 15.0 Å². The largest absolute Gasteiger partial charge is 0.391 e. The van der Waals surface area contributed by atoms with Gasteiger partial charge in [-0.15, -0.1) is 5.10 Å². The lowest BCUT2D eigenvalue weighted by atomic mass is 9.93. The maximum absolute atomic E-state index is 9.78. The molecule has 1 aromatic rings. The standard InChI is InChI=1S/C9H16N4O/c10-5-7-6-13(12-11-7)8-3-1-2-4-9(8)14/h6,8-9,14H,1-5,10H2. The zero-order valence-electron chi connectivity index (χ0n) is 8.13. The first-order valence-corrected chi connectivity index (χ1v) is 5.10. The second-order valence-corrected chi connectivity index (χ2v) is 3.81. The average Bonchev–Trinajstić information content (AvgIpc) is 2.67. The number of aliphatic hydroxyl groups excluding tert-OH is 1. The van der Waals surface area contributed by atoms with Crippen LogP contribution in [0.2, 0.25) is 0 Å². The predicted molar refractivity (Wildman–Crippen MR) is 51.4 cm³/mol. The van der Waals surface area contributed by atoms with Crippen molar-refractivity contribution < 1.29 is 5.11 Å². The fraction of sp³-hybridized carbons (Fsp3) is 0.778. The SMILES string of the molecule is NCc1cn(C2CCCCC2O)nn1. The third kappa shape index (κ3) is 1.78. The quantitative estimate of drug-likeness (QED) is 0.709. The minimum absolute atomic E-state index is 0.0940. The molecule has 0 bridgehead atoms. The van der Waals surface area contributed by atoms with E-state index in [1.807, 2.05) is 6.20 Å². The Hall–Kier alpha value is -0.940. The summed E-state index contributed by atoms with van der Waals surface area (Å²) in [5, 5.41) is 17.7. The van der Waals surface area contributed by atoms with Crippen LogP contribution in [0.3, 0.4) is 0 Å². The normalized spacial score (nSPS) is 27.9. The molecule has 0 amide bonds. The average molecular weight is 196 g/mol.